The molecule has 162 valence electrons. The lowest BCUT2D eigenvalue weighted by Crippen LogP contribution is -2.40. The summed E-state index contributed by atoms with van der Waals surface area (Å²) in [6.07, 6.45) is 0. The minimum Gasteiger partial charge on any atom is -0.457 e. The number of hydrogen-bond donors (Lipinski definition) is 0. The molecule has 0 atom stereocenters. The highest BCUT2D eigenvalue weighted by molar-refractivity contribution is 7.89. The molecule has 2 aromatic carbocycles. The maximum Gasteiger partial charge on any atom is 0.340 e. The molecule has 7 nitrogen and oxygen atoms in total. The smallest absolute Gasteiger partial charge is 0.340 e. The van der Waals surface area contributed by atoms with Crippen LogP contribution >= 0.6 is 11.6 Å². The number of aromatic nitrogens is 1. The fourth-order valence-electron chi connectivity index (χ4n) is 3.41. The first-order valence-corrected chi connectivity index (χ1v) is 11.6. The lowest BCUT2D eigenvalue weighted by molar-refractivity contribution is 0.0471. The quantitative estimate of drug-likeness (QED) is 0.541. The summed E-state index contributed by atoms with van der Waals surface area (Å²) in [5, 5.41) is 1.29. The van der Waals surface area contributed by atoms with Crippen LogP contribution in [0.2, 0.25) is 5.02 Å². The summed E-state index contributed by atoms with van der Waals surface area (Å²) < 4.78 is 37.8. The van der Waals surface area contributed by atoms with Crippen LogP contribution in [0.25, 0.3) is 10.9 Å². The van der Waals surface area contributed by atoms with Crippen LogP contribution in [0.5, 0.6) is 0 Å². The number of morpholine rings is 1. The van der Waals surface area contributed by atoms with E-state index in [1.54, 1.807) is 43.3 Å². The molecule has 3 aromatic rings. The first kappa shape index (κ1) is 21.7. The molecule has 1 aliphatic heterocycles. The van der Waals surface area contributed by atoms with Gasteiger partial charge >= 0.3 is 5.97 Å². The Kier molecular flexibility index (Phi) is 6.24. The van der Waals surface area contributed by atoms with E-state index in [1.165, 1.54) is 16.4 Å². The van der Waals surface area contributed by atoms with E-state index in [0.717, 1.165) is 10.9 Å². The second-order valence-corrected chi connectivity index (χ2v) is 9.57. The Morgan fingerprint density at radius 2 is 1.94 bits per heavy atom. The van der Waals surface area contributed by atoms with Gasteiger partial charge in [-0.25, -0.2) is 13.2 Å². The number of ether oxygens (including phenoxy) is 2. The van der Waals surface area contributed by atoms with Gasteiger partial charge in [-0.3, -0.25) is 4.98 Å². The maximum absolute atomic E-state index is 12.8. The fraction of sp³-hybridized carbons (Fsp3) is 0.273. The van der Waals surface area contributed by atoms with Gasteiger partial charge in [-0.2, -0.15) is 4.31 Å². The topological polar surface area (TPSA) is 85.8 Å². The van der Waals surface area contributed by atoms with E-state index >= 15 is 0 Å². The van der Waals surface area contributed by atoms with Gasteiger partial charge in [0.05, 0.1) is 34.9 Å². The van der Waals surface area contributed by atoms with Crippen molar-refractivity contribution in [3.05, 3.63) is 70.4 Å². The van der Waals surface area contributed by atoms with Crippen molar-refractivity contribution in [1.29, 1.82) is 0 Å². The lowest BCUT2D eigenvalue weighted by Gasteiger charge is -2.26. The molecule has 1 aromatic heterocycles. The van der Waals surface area contributed by atoms with E-state index in [1.807, 2.05) is 0 Å². The Morgan fingerprint density at radius 3 is 2.71 bits per heavy atom. The molecule has 2 heterocycles. The van der Waals surface area contributed by atoms with Gasteiger partial charge in [0.15, 0.2) is 0 Å². The number of hydrogen-bond acceptors (Lipinski definition) is 6. The number of carbonyl (C=O) groups excluding carboxylic acids is 1. The van der Waals surface area contributed by atoms with Gasteiger partial charge in [0.2, 0.25) is 10.0 Å². The van der Waals surface area contributed by atoms with Crippen molar-refractivity contribution in [3.8, 4) is 0 Å². The highest BCUT2D eigenvalue weighted by Crippen LogP contribution is 2.22. The minimum atomic E-state index is -3.62. The van der Waals surface area contributed by atoms with Crippen LogP contribution in [-0.4, -0.2) is 50.0 Å². The molecule has 0 saturated carbocycles. The van der Waals surface area contributed by atoms with Crippen molar-refractivity contribution < 1.29 is 22.7 Å². The number of carbonyl (C=O) groups is 1. The molecule has 4 rings (SSSR count). The normalized spacial score (nSPS) is 15.2. The number of aryl methyl sites for hydroxylation is 1. The highest BCUT2D eigenvalue weighted by atomic mass is 35.5. The van der Waals surface area contributed by atoms with Crippen LogP contribution in [-0.2, 0) is 26.1 Å². The summed E-state index contributed by atoms with van der Waals surface area (Å²) in [5.74, 6) is -0.534. The molecule has 31 heavy (non-hydrogen) atoms. The summed E-state index contributed by atoms with van der Waals surface area (Å²) in [4.78, 5) is 17.3. The van der Waals surface area contributed by atoms with Gasteiger partial charge < -0.3 is 9.47 Å². The summed E-state index contributed by atoms with van der Waals surface area (Å²) >= 11 is 6.04. The number of esters is 1. The van der Waals surface area contributed by atoms with Crippen LogP contribution in [0.3, 0.4) is 0 Å². The number of sulfonamides is 1. The monoisotopic (exact) mass is 460 g/mol. The van der Waals surface area contributed by atoms with Crippen molar-refractivity contribution in [1.82, 2.24) is 9.29 Å². The first-order chi connectivity index (χ1) is 14.8. The second kappa shape index (κ2) is 8.92. The third-order valence-electron chi connectivity index (χ3n) is 5.06. The van der Waals surface area contributed by atoms with E-state index in [2.05, 4.69) is 4.98 Å². The van der Waals surface area contributed by atoms with E-state index in [4.69, 9.17) is 21.1 Å². The number of nitrogens with zero attached hydrogens (tertiary/aromatic N) is 2. The summed E-state index contributed by atoms with van der Waals surface area (Å²) in [6, 6.07) is 13.4. The third kappa shape index (κ3) is 4.72. The van der Waals surface area contributed by atoms with Gasteiger partial charge in [0.25, 0.3) is 0 Å². The van der Waals surface area contributed by atoms with Gasteiger partial charge in [-0.05, 0) is 48.9 Å². The predicted molar refractivity (Wildman–Crippen MR) is 117 cm³/mol. The Balaban J connectivity index is 1.51. The third-order valence-corrected chi connectivity index (χ3v) is 7.19. The van der Waals surface area contributed by atoms with Crippen LogP contribution in [0, 0.1) is 6.92 Å². The standard InChI is InChI=1S/C22H21ClN2O5S/c1-15-20(13-17-12-18(23)5-6-21(17)24-15)22(26)30-14-16-3-2-4-19(11-16)31(27,28)25-7-9-29-10-8-25/h2-6,11-13H,7-10,14H2,1H3. The zero-order valence-corrected chi connectivity index (χ0v) is 18.4. The molecule has 9 heteroatoms. The summed E-state index contributed by atoms with van der Waals surface area (Å²) in [5.41, 5.74) is 2.20. The predicted octanol–water partition coefficient (Wildman–Crippen LogP) is 3.57. The average Bonchev–Trinajstić information content (AvgIpc) is 2.78. The zero-order valence-electron chi connectivity index (χ0n) is 16.9. The molecule has 1 fully saturated rings. The highest BCUT2D eigenvalue weighted by Gasteiger charge is 2.26. The first-order valence-electron chi connectivity index (χ1n) is 9.75. The van der Waals surface area contributed by atoms with Crippen molar-refractivity contribution in [2.45, 2.75) is 18.4 Å². The van der Waals surface area contributed by atoms with Crippen LogP contribution < -0.4 is 0 Å². The van der Waals surface area contributed by atoms with Crippen LogP contribution in [0.15, 0.2) is 53.4 Å². The molecule has 0 spiro atoms. The largest absolute Gasteiger partial charge is 0.457 e. The van der Waals surface area contributed by atoms with Gasteiger partial charge in [0.1, 0.15) is 6.61 Å². The second-order valence-electron chi connectivity index (χ2n) is 7.20. The van der Waals surface area contributed by atoms with Crippen molar-refractivity contribution in [2.75, 3.05) is 26.3 Å². The van der Waals surface area contributed by atoms with Crippen molar-refractivity contribution >= 4 is 38.5 Å². The molecule has 0 N–H and O–H groups in total. The van der Waals surface area contributed by atoms with Gasteiger partial charge in [-0.1, -0.05) is 23.7 Å². The zero-order chi connectivity index (χ0) is 22.0. The lowest BCUT2D eigenvalue weighted by atomic mass is 10.1. The van der Waals surface area contributed by atoms with E-state index in [9.17, 15) is 13.2 Å². The molecule has 0 amide bonds. The van der Waals surface area contributed by atoms with Gasteiger partial charge in [0, 0.05) is 23.5 Å². The number of halogens is 1. The fourth-order valence-corrected chi connectivity index (χ4v) is 5.07. The average molecular weight is 461 g/mol. The summed E-state index contributed by atoms with van der Waals surface area (Å²) in [7, 11) is -3.62. The molecule has 0 bridgehead atoms. The summed E-state index contributed by atoms with van der Waals surface area (Å²) in [6.45, 7) is 3.07. The van der Waals surface area contributed by atoms with Crippen molar-refractivity contribution in [2.24, 2.45) is 0 Å². The SMILES string of the molecule is Cc1nc2ccc(Cl)cc2cc1C(=O)OCc1cccc(S(=O)(=O)N2CCOCC2)c1. The van der Waals surface area contributed by atoms with E-state index < -0.39 is 16.0 Å². The molecule has 1 saturated heterocycles. The van der Waals surface area contributed by atoms with Gasteiger partial charge in [-0.15, -0.1) is 0 Å². The molecule has 1 aliphatic rings. The van der Waals surface area contributed by atoms with Crippen LogP contribution in [0.1, 0.15) is 21.6 Å². The van der Waals surface area contributed by atoms with E-state index in [0.29, 0.717) is 48.1 Å². The number of fused-ring (bicyclic) bond motifs is 1. The number of benzene rings is 2. The van der Waals surface area contributed by atoms with E-state index in [-0.39, 0.29) is 11.5 Å². The van der Waals surface area contributed by atoms with Crippen LogP contribution in [0.4, 0.5) is 0 Å². The Hall–Kier alpha value is -2.52. The molecule has 0 aliphatic carbocycles. The molecular formula is C22H21ClN2O5S. The maximum atomic E-state index is 12.8. The molecule has 0 unspecified atom stereocenters. The number of rotatable bonds is 5. The Labute approximate surface area is 185 Å². The minimum absolute atomic E-state index is 0.0572. The Bertz CT molecular complexity index is 1240. The van der Waals surface area contributed by atoms with Crippen molar-refractivity contribution in [3.63, 3.8) is 0 Å². The Morgan fingerprint density at radius 1 is 1.16 bits per heavy atom. The molecular weight excluding hydrogens is 440 g/mol. The molecule has 0 radical (unpaired) electrons. The number of pyridine rings is 1.